The Bertz CT molecular complexity index is 382. The molecule has 0 saturated carbocycles. The fourth-order valence-corrected chi connectivity index (χ4v) is 1.84. The summed E-state index contributed by atoms with van der Waals surface area (Å²) in [5, 5.41) is 0.355. The molecule has 0 aromatic carbocycles. The normalized spacial score (nSPS) is 13.6. The summed E-state index contributed by atoms with van der Waals surface area (Å²) in [7, 11) is -1.35. The van der Waals surface area contributed by atoms with Crippen molar-refractivity contribution >= 4 is 11.0 Å². The maximum absolute atomic E-state index is 11.6. The van der Waals surface area contributed by atoms with Crippen molar-refractivity contribution < 1.29 is 8.63 Å². The average molecular weight is 211 g/mol. The van der Waals surface area contributed by atoms with Gasteiger partial charge >= 0.3 is 0 Å². The van der Waals surface area contributed by atoms with Crippen molar-refractivity contribution in [3.05, 3.63) is 17.9 Å². The van der Waals surface area contributed by atoms with E-state index in [0.29, 0.717) is 10.9 Å². The Kier molecular flexibility index (Phi) is 3.14. The van der Waals surface area contributed by atoms with Crippen molar-refractivity contribution in [3.63, 3.8) is 0 Å². The molecular weight excluding hydrogens is 198 g/mol. The van der Waals surface area contributed by atoms with Gasteiger partial charge < -0.3 is 4.42 Å². The second-order valence-corrected chi connectivity index (χ2v) is 5.03. The molecule has 1 aromatic rings. The molecule has 0 aliphatic carbocycles. The minimum absolute atomic E-state index is 0.228. The number of rotatable bonds is 2. The van der Waals surface area contributed by atoms with Gasteiger partial charge in [-0.1, -0.05) is 0 Å². The first kappa shape index (κ1) is 11.0. The molecular formula is C10H13NO2S. The van der Waals surface area contributed by atoms with Crippen LogP contribution in [0.2, 0.25) is 0 Å². The van der Waals surface area contributed by atoms with E-state index in [9.17, 15) is 4.21 Å². The quantitative estimate of drug-likeness (QED) is 0.756. The van der Waals surface area contributed by atoms with E-state index in [1.165, 1.54) is 0 Å². The number of nitrogens with one attached hydrogen (secondary N) is 1. The number of furan rings is 1. The van der Waals surface area contributed by atoms with Gasteiger partial charge in [0.05, 0.1) is 0 Å². The molecule has 3 nitrogen and oxygen atoms in total. The molecule has 0 aliphatic heterocycles. The van der Waals surface area contributed by atoms with E-state index in [1.54, 1.807) is 12.1 Å². The molecule has 1 atom stereocenters. The molecule has 1 rings (SSSR count). The Morgan fingerprint density at radius 3 is 2.57 bits per heavy atom. The van der Waals surface area contributed by atoms with Crippen LogP contribution in [0.4, 0.5) is 0 Å². The second-order valence-electron chi connectivity index (χ2n) is 3.88. The summed E-state index contributed by atoms with van der Waals surface area (Å²) in [6.07, 6.45) is 5.13. The van der Waals surface area contributed by atoms with Crippen LogP contribution in [0.15, 0.2) is 21.6 Å². The zero-order chi connectivity index (χ0) is 10.8. The van der Waals surface area contributed by atoms with Crippen molar-refractivity contribution in [2.45, 2.75) is 31.4 Å². The predicted octanol–water partition coefficient (Wildman–Crippen LogP) is 1.67. The third kappa shape index (κ3) is 3.02. The van der Waals surface area contributed by atoms with E-state index in [0.717, 1.165) is 0 Å². The van der Waals surface area contributed by atoms with Crippen LogP contribution in [0.3, 0.4) is 0 Å². The van der Waals surface area contributed by atoms with Crippen molar-refractivity contribution in [2.75, 3.05) is 0 Å². The number of terminal acetylenes is 1. The SMILES string of the molecule is C#Cc1ccc(S(=O)NC(C)(C)C)o1. The van der Waals surface area contributed by atoms with Crippen molar-refractivity contribution in [1.29, 1.82) is 0 Å². The zero-order valence-electron chi connectivity index (χ0n) is 8.46. The van der Waals surface area contributed by atoms with Crippen molar-refractivity contribution in [3.8, 4) is 12.3 Å². The molecule has 0 fully saturated rings. The summed E-state index contributed by atoms with van der Waals surface area (Å²) >= 11 is 0. The van der Waals surface area contributed by atoms with Gasteiger partial charge in [0.2, 0.25) is 5.09 Å². The summed E-state index contributed by atoms with van der Waals surface area (Å²) in [4.78, 5) is 0. The molecule has 1 N–H and O–H groups in total. The van der Waals surface area contributed by atoms with Crippen molar-refractivity contribution in [2.24, 2.45) is 0 Å². The largest absolute Gasteiger partial charge is 0.438 e. The van der Waals surface area contributed by atoms with Crippen LogP contribution >= 0.6 is 0 Å². The summed E-state index contributed by atoms with van der Waals surface area (Å²) in [5.74, 6) is 2.73. The second kappa shape index (κ2) is 3.99. The van der Waals surface area contributed by atoms with E-state index in [4.69, 9.17) is 10.8 Å². The molecule has 1 heterocycles. The molecule has 0 amide bonds. The molecule has 1 unspecified atom stereocenters. The number of hydrogen-bond donors (Lipinski definition) is 1. The lowest BCUT2D eigenvalue weighted by Crippen LogP contribution is -2.36. The van der Waals surface area contributed by atoms with Gasteiger partial charge in [-0.25, -0.2) is 8.93 Å². The average Bonchev–Trinajstić information content (AvgIpc) is 2.48. The lowest BCUT2D eigenvalue weighted by molar-refractivity contribution is 0.444. The van der Waals surface area contributed by atoms with E-state index in [1.807, 2.05) is 20.8 Å². The van der Waals surface area contributed by atoms with Crippen LogP contribution in [-0.2, 0) is 11.0 Å². The molecule has 0 bridgehead atoms. The lowest BCUT2D eigenvalue weighted by Gasteiger charge is -2.18. The molecule has 0 saturated heterocycles. The first-order valence-electron chi connectivity index (χ1n) is 4.18. The van der Waals surface area contributed by atoms with Crippen LogP contribution in [0, 0.1) is 12.3 Å². The van der Waals surface area contributed by atoms with Gasteiger partial charge in [0.1, 0.15) is 0 Å². The summed E-state index contributed by atoms with van der Waals surface area (Å²) in [5.41, 5.74) is -0.228. The summed E-state index contributed by atoms with van der Waals surface area (Å²) in [6, 6.07) is 3.24. The van der Waals surface area contributed by atoms with Crippen LogP contribution < -0.4 is 4.72 Å². The van der Waals surface area contributed by atoms with Gasteiger partial charge in [0.15, 0.2) is 16.7 Å². The number of hydrogen-bond acceptors (Lipinski definition) is 2. The zero-order valence-corrected chi connectivity index (χ0v) is 9.27. The standard InChI is InChI=1S/C10H13NO2S/c1-5-8-6-7-9(13-8)14(12)11-10(2,3)4/h1,6-7,11H,2-4H3. The van der Waals surface area contributed by atoms with Gasteiger partial charge in [0, 0.05) is 5.54 Å². The van der Waals surface area contributed by atoms with E-state index in [2.05, 4.69) is 10.6 Å². The smallest absolute Gasteiger partial charge is 0.207 e. The Hall–Kier alpha value is -1.05. The lowest BCUT2D eigenvalue weighted by atomic mass is 10.1. The highest BCUT2D eigenvalue weighted by Gasteiger charge is 2.16. The van der Waals surface area contributed by atoms with E-state index in [-0.39, 0.29) is 5.54 Å². The highest BCUT2D eigenvalue weighted by molar-refractivity contribution is 7.82. The van der Waals surface area contributed by atoms with Crippen LogP contribution in [0.5, 0.6) is 0 Å². The molecule has 0 spiro atoms. The fourth-order valence-electron chi connectivity index (χ4n) is 0.826. The van der Waals surface area contributed by atoms with Crippen molar-refractivity contribution in [1.82, 2.24) is 4.72 Å². The Morgan fingerprint density at radius 1 is 1.50 bits per heavy atom. The Morgan fingerprint density at radius 2 is 2.14 bits per heavy atom. The molecule has 4 heteroatoms. The Labute approximate surface area is 86.5 Å². The first-order valence-corrected chi connectivity index (χ1v) is 5.33. The molecule has 76 valence electrons. The summed E-state index contributed by atoms with van der Waals surface area (Å²) < 4.78 is 19.7. The predicted molar refractivity (Wildman–Crippen MR) is 55.9 cm³/mol. The third-order valence-corrected chi connectivity index (χ3v) is 2.69. The monoisotopic (exact) mass is 211 g/mol. The minimum Gasteiger partial charge on any atom is -0.438 e. The third-order valence-electron chi connectivity index (χ3n) is 1.31. The minimum atomic E-state index is -1.35. The van der Waals surface area contributed by atoms with Gasteiger partial charge in [-0.3, -0.25) is 0 Å². The summed E-state index contributed by atoms with van der Waals surface area (Å²) in [6.45, 7) is 5.78. The van der Waals surface area contributed by atoms with E-state index >= 15 is 0 Å². The van der Waals surface area contributed by atoms with Crippen LogP contribution in [0.1, 0.15) is 26.5 Å². The highest BCUT2D eigenvalue weighted by atomic mass is 32.2. The topological polar surface area (TPSA) is 42.2 Å². The maximum atomic E-state index is 11.6. The highest BCUT2D eigenvalue weighted by Crippen LogP contribution is 2.12. The van der Waals surface area contributed by atoms with E-state index < -0.39 is 11.0 Å². The first-order chi connectivity index (χ1) is 6.42. The van der Waals surface area contributed by atoms with Gasteiger partial charge in [-0.05, 0) is 38.8 Å². The molecule has 0 aliphatic rings. The van der Waals surface area contributed by atoms with Gasteiger partial charge in [-0.15, -0.1) is 6.42 Å². The molecule has 14 heavy (non-hydrogen) atoms. The fraction of sp³-hybridized carbons (Fsp3) is 0.400. The van der Waals surface area contributed by atoms with Gasteiger partial charge in [0.25, 0.3) is 0 Å². The van der Waals surface area contributed by atoms with Gasteiger partial charge in [-0.2, -0.15) is 0 Å². The molecule has 0 radical (unpaired) electrons. The Balaban J connectivity index is 2.76. The molecule has 1 aromatic heterocycles. The van der Waals surface area contributed by atoms with Crippen LogP contribution in [0.25, 0.3) is 0 Å². The van der Waals surface area contributed by atoms with Crippen LogP contribution in [-0.4, -0.2) is 9.75 Å². The maximum Gasteiger partial charge on any atom is 0.207 e.